The van der Waals surface area contributed by atoms with Gasteiger partial charge in [-0.1, -0.05) is 28.9 Å². The van der Waals surface area contributed by atoms with E-state index in [9.17, 15) is 0 Å². The standard InChI is InChI=1S/C14H17BrN2OS/c1-3-6-16-10(2)12-5-4-11(9-13(12)15)19-14-17-7-8-18-14/h4-5,7-10,16H,3,6H2,1-2H3. The SMILES string of the molecule is CCCNC(C)c1ccc(Sc2ncco2)cc1Br. The predicted molar refractivity (Wildman–Crippen MR) is 81.5 cm³/mol. The highest BCUT2D eigenvalue weighted by molar-refractivity contribution is 9.10. The Labute approximate surface area is 126 Å². The Morgan fingerprint density at radius 1 is 1.47 bits per heavy atom. The summed E-state index contributed by atoms with van der Waals surface area (Å²) in [6, 6.07) is 6.69. The molecule has 0 aliphatic rings. The van der Waals surface area contributed by atoms with Crippen LogP contribution < -0.4 is 5.32 Å². The number of benzene rings is 1. The molecule has 0 saturated heterocycles. The van der Waals surface area contributed by atoms with E-state index in [0.717, 1.165) is 22.3 Å². The average Bonchev–Trinajstić information content (AvgIpc) is 2.89. The zero-order valence-electron chi connectivity index (χ0n) is 11.0. The smallest absolute Gasteiger partial charge is 0.260 e. The Hall–Kier alpha value is -0.780. The van der Waals surface area contributed by atoms with E-state index in [-0.39, 0.29) is 0 Å². The minimum atomic E-state index is 0.343. The third kappa shape index (κ3) is 4.09. The van der Waals surface area contributed by atoms with Crippen LogP contribution in [0.5, 0.6) is 0 Å². The van der Waals surface area contributed by atoms with E-state index in [2.05, 4.69) is 58.3 Å². The molecule has 102 valence electrons. The van der Waals surface area contributed by atoms with Crippen molar-refractivity contribution in [3.8, 4) is 0 Å². The van der Waals surface area contributed by atoms with Gasteiger partial charge in [-0.25, -0.2) is 4.98 Å². The van der Waals surface area contributed by atoms with Crippen LogP contribution in [0.2, 0.25) is 0 Å². The predicted octanol–water partition coefficient (Wildman–Crippen LogP) is 4.65. The number of halogens is 1. The summed E-state index contributed by atoms with van der Waals surface area (Å²) in [6.07, 6.45) is 4.38. The van der Waals surface area contributed by atoms with Gasteiger partial charge in [0, 0.05) is 15.4 Å². The van der Waals surface area contributed by atoms with E-state index in [1.165, 1.54) is 17.3 Å². The summed E-state index contributed by atoms with van der Waals surface area (Å²) in [6.45, 7) is 5.38. The molecule has 0 radical (unpaired) electrons. The molecule has 2 aromatic rings. The maximum Gasteiger partial charge on any atom is 0.260 e. The van der Waals surface area contributed by atoms with Crippen LogP contribution in [-0.2, 0) is 0 Å². The van der Waals surface area contributed by atoms with Gasteiger partial charge in [-0.3, -0.25) is 0 Å². The molecule has 0 spiro atoms. The van der Waals surface area contributed by atoms with Crippen LogP contribution in [0.1, 0.15) is 31.9 Å². The van der Waals surface area contributed by atoms with Crippen LogP contribution in [0.25, 0.3) is 0 Å². The Kier molecular flexibility index (Phi) is 5.48. The molecule has 0 bridgehead atoms. The Morgan fingerprint density at radius 2 is 2.32 bits per heavy atom. The van der Waals surface area contributed by atoms with E-state index in [1.54, 1.807) is 12.5 Å². The van der Waals surface area contributed by atoms with E-state index < -0.39 is 0 Å². The lowest BCUT2D eigenvalue weighted by molar-refractivity contribution is 0.454. The second-order valence-corrected chi connectivity index (χ2v) is 6.14. The molecule has 1 unspecified atom stereocenters. The zero-order valence-corrected chi connectivity index (χ0v) is 13.4. The van der Waals surface area contributed by atoms with Gasteiger partial charge in [0.15, 0.2) is 0 Å². The first-order valence-electron chi connectivity index (χ1n) is 6.31. The van der Waals surface area contributed by atoms with Crippen LogP contribution in [0.3, 0.4) is 0 Å². The number of oxazole rings is 1. The highest BCUT2D eigenvalue weighted by atomic mass is 79.9. The van der Waals surface area contributed by atoms with Gasteiger partial charge >= 0.3 is 0 Å². The maximum absolute atomic E-state index is 5.23. The molecule has 0 aliphatic carbocycles. The molecule has 3 nitrogen and oxygen atoms in total. The van der Waals surface area contributed by atoms with Gasteiger partial charge in [-0.15, -0.1) is 0 Å². The summed E-state index contributed by atoms with van der Waals surface area (Å²) < 4.78 is 6.34. The topological polar surface area (TPSA) is 38.1 Å². The third-order valence-corrected chi connectivity index (χ3v) is 4.31. The van der Waals surface area contributed by atoms with E-state index in [0.29, 0.717) is 11.3 Å². The van der Waals surface area contributed by atoms with Gasteiger partial charge in [0.05, 0.1) is 6.20 Å². The van der Waals surface area contributed by atoms with Crippen molar-refractivity contribution in [3.05, 3.63) is 40.7 Å². The second kappa shape index (κ2) is 7.12. The maximum atomic E-state index is 5.23. The minimum absolute atomic E-state index is 0.343. The van der Waals surface area contributed by atoms with E-state index in [1.807, 2.05) is 0 Å². The third-order valence-electron chi connectivity index (χ3n) is 2.75. The van der Waals surface area contributed by atoms with Gasteiger partial charge in [0.25, 0.3) is 5.22 Å². The molecule has 1 aromatic carbocycles. The molecule has 0 aliphatic heterocycles. The Morgan fingerprint density at radius 3 is 2.95 bits per heavy atom. The van der Waals surface area contributed by atoms with Crippen LogP contribution >= 0.6 is 27.7 Å². The van der Waals surface area contributed by atoms with Crippen molar-refractivity contribution in [2.24, 2.45) is 0 Å². The van der Waals surface area contributed by atoms with Gasteiger partial charge in [0.2, 0.25) is 0 Å². The summed E-state index contributed by atoms with van der Waals surface area (Å²) in [5.41, 5.74) is 1.27. The molecule has 1 heterocycles. The van der Waals surface area contributed by atoms with E-state index in [4.69, 9.17) is 4.42 Å². The second-order valence-electron chi connectivity index (χ2n) is 4.26. The first-order valence-corrected chi connectivity index (χ1v) is 7.92. The molecule has 0 fully saturated rings. The van der Waals surface area contributed by atoms with Gasteiger partial charge in [-0.05, 0) is 49.3 Å². The summed E-state index contributed by atoms with van der Waals surface area (Å²) >= 11 is 5.16. The lowest BCUT2D eigenvalue weighted by Crippen LogP contribution is -2.19. The summed E-state index contributed by atoms with van der Waals surface area (Å²) in [5.74, 6) is 0. The van der Waals surface area contributed by atoms with Crippen molar-refractivity contribution in [1.29, 1.82) is 0 Å². The fourth-order valence-corrected chi connectivity index (χ4v) is 3.36. The normalized spacial score (nSPS) is 12.6. The fourth-order valence-electron chi connectivity index (χ4n) is 1.75. The monoisotopic (exact) mass is 340 g/mol. The van der Waals surface area contributed by atoms with Crippen LogP contribution in [0.4, 0.5) is 0 Å². The Bertz CT molecular complexity index is 516. The average molecular weight is 341 g/mol. The van der Waals surface area contributed by atoms with Gasteiger partial charge in [-0.2, -0.15) is 0 Å². The first kappa shape index (κ1) is 14.6. The van der Waals surface area contributed by atoms with Crippen molar-refractivity contribution < 1.29 is 4.42 Å². The summed E-state index contributed by atoms with van der Waals surface area (Å²) in [4.78, 5) is 5.22. The number of aromatic nitrogens is 1. The number of rotatable bonds is 6. The molecule has 1 aromatic heterocycles. The number of hydrogen-bond donors (Lipinski definition) is 1. The largest absolute Gasteiger partial charge is 0.440 e. The zero-order chi connectivity index (χ0) is 13.7. The van der Waals surface area contributed by atoms with Gasteiger partial charge in [0.1, 0.15) is 6.26 Å². The quantitative estimate of drug-likeness (QED) is 0.830. The van der Waals surface area contributed by atoms with Crippen LogP contribution in [0, 0.1) is 0 Å². The lowest BCUT2D eigenvalue weighted by Gasteiger charge is -2.15. The molecular formula is C14H17BrN2OS. The molecule has 0 saturated carbocycles. The number of nitrogens with one attached hydrogen (secondary N) is 1. The number of hydrogen-bond acceptors (Lipinski definition) is 4. The lowest BCUT2D eigenvalue weighted by atomic mass is 10.1. The van der Waals surface area contributed by atoms with Crippen molar-refractivity contribution >= 4 is 27.7 Å². The molecule has 5 heteroatoms. The van der Waals surface area contributed by atoms with Crippen molar-refractivity contribution in [3.63, 3.8) is 0 Å². The molecule has 19 heavy (non-hydrogen) atoms. The molecule has 1 atom stereocenters. The molecular weight excluding hydrogens is 324 g/mol. The van der Waals surface area contributed by atoms with E-state index >= 15 is 0 Å². The number of nitrogens with zero attached hydrogens (tertiary/aromatic N) is 1. The van der Waals surface area contributed by atoms with Crippen molar-refractivity contribution in [2.45, 2.75) is 36.4 Å². The van der Waals surface area contributed by atoms with Crippen LogP contribution in [0.15, 0.2) is 49.7 Å². The van der Waals surface area contributed by atoms with Gasteiger partial charge < -0.3 is 9.73 Å². The highest BCUT2D eigenvalue weighted by Crippen LogP contribution is 2.32. The summed E-state index contributed by atoms with van der Waals surface area (Å²) in [5, 5.41) is 4.15. The van der Waals surface area contributed by atoms with Crippen molar-refractivity contribution in [2.75, 3.05) is 6.54 Å². The molecule has 0 amide bonds. The van der Waals surface area contributed by atoms with Crippen molar-refractivity contribution in [1.82, 2.24) is 10.3 Å². The van der Waals surface area contributed by atoms with Crippen LogP contribution in [-0.4, -0.2) is 11.5 Å². The first-order chi connectivity index (χ1) is 9.20. The molecule has 1 N–H and O–H groups in total. The summed E-state index contributed by atoms with van der Waals surface area (Å²) in [7, 11) is 0. The minimum Gasteiger partial charge on any atom is -0.440 e. The Balaban J connectivity index is 2.08. The highest BCUT2D eigenvalue weighted by Gasteiger charge is 2.10. The fraction of sp³-hybridized carbons (Fsp3) is 0.357. The molecule has 2 rings (SSSR count).